The zero-order chi connectivity index (χ0) is 12.4. The normalized spacial score (nSPS) is 33.1. The third-order valence-electron chi connectivity index (χ3n) is 4.50. The van der Waals surface area contributed by atoms with Crippen LogP contribution >= 0.6 is 12.2 Å². The van der Waals surface area contributed by atoms with E-state index in [2.05, 4.69) is 23.8 Å². The maximum atomic E-state index is 5.65. The van der Waals surface area contributed by atoms with Gasteiger partial charge in [-0.15, -0.1) is 0 Å². The lowest BCUT2D eigenvalue weighted by atomic mass is 9.83. The van der Waals surface area contributed by atoms with Crippen molar-refractivity contribution in [2.24, 2.45) is 11.7 Å². The van der Waals surface area contributed by atoms with E-state index in [-0.39, 0.29) is 0 Å². The van der Waals surface area contributed by atoms with Crippen molar-refractivity contribution in [2.45, 2.75) is 44.7 Å². The summed E-state index contributed by atoms with van der Waals surface area (Å²) in [6.07, 6.45) is 4.92. The highest BCUT2D eigenvalue weighted by molar-refractivity contribution is 7.80. The van der Waals surface area contributed by atoms with E-state index in [1.807, 2.05) is 0 Å². The van der Waals surface area contributed by atoms with Crippen LogP contribution in [-0.4, -0.2) is 53.6 Å². The Bertz CT molecular complexity index is 282. The minimum absolute atomic E-state index is 0.515. The molecule has 2 saturated heterocycles. The van der Waals surface area contributed by atoms with E-state index in [9.17, 15) is 0 Å². The Morgan fingerprint density at radius 3 is 2.88 bits per heavy atom. The fourth-order valence-corrected chi connectivity index (χ4v) is 3.74. The predicted molar refractivity (Wildman–Crippen MR) is 76.2 cm³/mol. The highest BCUT2D eigenvalue weighted by Gasteiger charge is 2.35. The predicted octanol–water partition coefficient (Wildman–Crippen LogP) is 1.47. The first-order valence-electron chi connectivity index (χ1n) is 6.80. The van der Waals surface area contributed by atoms with Crippen LogP contribution in [0.3, 0.4) is 0 Å². The van der Waals surface area contributed by atoms with Crippen LogP contribution in [0.15, 0.2) is 0 Å². The molecule has 0 aromatic rings. The minimum atomic E-state index is 0.515. The summed E-state index contributed by atoms with van der Waals surface area (Å²) in [4.78, 5) is 5.80. The van der Waals surface area contributed by atoms with E-state index in [0.717, 1.165) is 18.4 Å². The summed E-state index contributed by atoms with van der Waals surface area (Å²) in [7, 11) is 2.28. The van der Waals surface area contributed by atoms with Gasteiger partial charge in [-0.2, -0.15) is 0 Å². The van der Waals surface area contributed by atoms with Crippen LogP contribution in [0, 0.1) is 5.92 Å². The molecule has 2 heterocycles. The van der Waals surface area contributed by atoms with Crippen molar-refractivity contribution in [3.63, 3.8) is 0 Å². The van der Waals surface area contributed by atoms with Gasteiger partial charge in [0.05, 0.1) is 4.99 Å². The number of hydrogen-bond acceptors (Lipinski definition) is 3. The molecule has 0 aromatic heterocycles. The van der Waals surface area contributed by atoms with Crippen LogP contribution in [0.1, 0.15) is 32.6 Å². The molecule has 3 unspecified atom stereocenters. The van der Waals surface area contributed by atoms with Crippen molar-refractivity contribution < 1.29 is 0 Å². The van der Waals surface area contributed by atoms with Crippen LogP contribution in [-0.2, 0) is 0 Å². The minimum Gasteiger partial charge on any atom is -0.393 e. The number of nitrogens with two attached hydrogens (primary N) is 1. The second-order valence-corrected chi connectivity index (χ2v) is 6.28. The van der Waals surface area contributed by atoms with Crippen LogP contribution in [0.5, 0.6) is 0 Å². The third kappa shape index (κ3) is 3.18. The number of hydrogen-bond donors (Lipinski definition) is 1. The van der Waals surface area contributed by atoms with Gasteiger partial charge in [-0.05, 0) is 52.2 Å². The molecule has 0 radical (unpaired) electrons. The Hall–Kier alpha value is -0.190. The molecule has 4 heteroatoms. The zero-order valence-electron chi connectivity index (χ0n) is 11.1. The standard InChI is InChI=1S/C13H25N3S/c1-10(8-13(14)17)16-7-5-12-11(9-16)4-3-6-15(12)2/h10-12H,3-9H2,1-2H3,(H2,14,17). The van der Waals surface area contributed by atoms with E-state index >= 15 is 0 Å². The Labute approximate surface area is 110 Å². The van der Waals surface area contributed by atoms with Gasteiger partial charge in [0.1, 0.15) is 0 Å². The lowest BCUT2D eigenvalue weighted by Crippen LogP contribution is -2.54. The van der Waals surface area contributed by atoms with Gasteiger partial charge in [0.15, 0.2) is 0 Å². The molecule has 2 fully saturated rings. The summed E-state index contributed by atoms with van der Waals surface area (Å²) < 4.78 is 0. The van der Waals surface area contributed by atoms with Gasteiger partial charge < -0.3 is 10.6 Å². The lowest BCUT2D eigenvalue weighted by Gasteiger charge is -2.47. The Kier molecular flexibility index (Phi) is 4.39. The number of rotatable bonds is 3. The Balaban J connectivity index is 1.90. The molecule has 3 atom stereocenters. The molecule has 2 rings (SSSR count). The molecule has 2 N–H and O–H groups in total. The molecule has 0 aromatic carbocycles. The van der Waals surface area contributed by atoms with Crippen molar-refractivity contribution in [3.05, 3.63) is 0 Å². The van der Waals surface area contributed by atoms with Crippen LogP contribution in [0.4, 0.5) is 0 Å². The summed E-state index contributed by atoms with van der Waals surface area (Å²) in [6, 6.07) is 1.33. The molecule has 2 aliphatic rings. The first-order chi connectivity index (χ1) is 8.08. The zero-order valence-corrected chi connectivity index (χ0v) is 11.9. The van der Waals surface area contributed by atoms with Crippen molar-refractivity contribution in [1.29, 1.82) is 0 Å². The molecule has 98 valence electrons. The largest absolute Gasteiger partial charge is 0.393 e. The van der Waals surface area contributed by atoms with Crippen LogP contribution < -0.4 is 5.73 Å². The summed E-state index contributed by atoms with van der Waals surface area (Å²) in [6.45, 7) is 5.98. The smallest absolute Gasteiger partial charge is 0.0742 e. The molecule has 2 aliphatic heterocycles. The van der Waals surface area contributed by atoms with Crippen molar-refractivity contribution >= 4 is 17.2 Å². The van der Waals surface area contributed by atoms with Crippen molar-refractivity contribution in [2.75, 3.05) is 26.7 Å². The van der Waals surface area contributed by atoms with E-state index in [4.69, 9.17) is 18.0 Å². The molecule has 0 amide bonds. The maximum Gasteiger partial charge on any atom is 0.0742 e. The average molecular weight is 255 g/mol. The SMILES string of the molecule is CC(CC(N)=S)N1CCC2C(CCCN2C)C1. The molecule has 0 bridgehead atoms. The first kappa shape index (κ1) is 13.2. The number of fused-ring (bicyclic) bond motifs is 1. The van der Waals surface area contributed by atoms with Gasteiger partial charge in [-0.3, -0.25) is 4.90 Å². The lowest BCUT2D eigenvalue weighted by molar-refractivity contribution is 0.0245. The Morgan fingerprint density at radius 2 is 2.18 bits per heavy atom. The van der Waals surface area contributed by atoms with Gasteiger partial charge in [-0.1, -0.05) is 12.2 Å². The Morgan fingerprint density at radius 1 is 1.41 bits per heavy atom. The second kappa shape index (κ2) is 5.63. The molecule has 0 saturated carbocycles. The monoisotopic (exact) mass is 255 g/mol. The molecule has 17 heavy (non-hydrogen) atoms. The summed E-state index contributed by atoms with van der Waals surface area (Å²) in [5.41, 5.74) is 5.65. The summed E-state index contributed by atoms with van der Waals surface area (Å²) in [5.74, 6) is 0.858. The average Bonchev–Trinajstić information content (AvgIpc) is 2.28. The van der Waals surface area contributed by atoms with Gasteiger partial charge in [0, 0.05) is 25.0 Å². The fourth-order valence-electron chi connectivity index (χ4n) is 3.50. The molecule has 0 aliphatic carbocycles. The summed E-state index contributed by atoms with van der Waals surface area (Å²) >= 11 is 5.02. The van der Waals surface area contributed by atoms with Crippen molar-refractivity contribution in [1.82, 2.24) is 9.80 Å². The van der Waals surface area contributed by atoms with Gasteiger partial charge in [0.2, 0.25) is 0 Å². The van der Waals surface area contributed by atoms with E-state index in [1.165, 1.54) is 38.9 Å². The third-order valence-corrected chi connectivity index (χ3v) is 4.66. The molecule has 3 nitrogen and oxygen atoms in total. The van der Waals surface area contributed by atoms with Gasteiger partial charge in [-0.25, -0.2) is 0 Å². The quantitative estimate of drug-likeness (QED) is 0.774. The fraction of sp³-hybridized carbons (Fsp3) is 0.923. The number of likely N-dealkylation sites (tertiary alicyclic amines) is 2. The number of piperidine rings is 2. The number of nitrogens with zero attached hydrogens (tertiary/aromatic N) is 2. The van der Waals surface area contributed by atoms with Gasteiger partial charge >= 0.3 is 0 Å². The molecule has 0 spiro atoms. The first-order valence-corrected chi connectivity index (χ1v) is 7.21. The van der Waals surface area contributed by atoms with E-state index < -0.39 is 0 Å². The molecular weight excluding hydrogens is 230 g/mol. The maximum absolute atomic E-state index is 5.65. The van der Waals surface area contributed by atoms with E-state index in [1.54, 1.807) is 0 Å². The highest BCUT2D eigenvalue weighted by atomic mass is 32.1. The van der Waals surface area contributed by atoms with Crippen LogP contribution in [0.2, 0.25) is 0 Å². The van der Waals surface area contributed by atoms with Crippen molar-refractivity contribution in [3.8, 4) is 0 Å². The highest BCUT2D eigenvalue weighted by Crippen LogP contribution is 2.30. The summed E-state index contributed by atoms with van der Waals surface area (Å²) in [5, 5.41) is 0. The topological polar surface area (TPSA) is 32.5 Å². The van der Waals surface area contributed by atoms with Crippen LogP contribution in [0.25, 0.3) is 0 Å². The van der Waals surface area contributed by atoms with Gasteiger partial charge in [0.25, 0.3) is 0 Å². The second-order valence-electron chi connectivity index (χ2n) is 5.75. The molecular formula is C13H25N3S. The number of thiocarbonyl (C=S) groups is 1. The van der Waals surface area contributed by atoms with E-state index in [0.29, 0.717) is 11.0 Å².